The highest BCUT2D eigenvalue weighted by Gasteiger charge is 2.10. The van der Waals surface area contributed by atoms with Crippen LogP contribution in [0.3, 0.4) is 0 Å². The van der Waals surface area contributed by atoms with Crippen LogP contribution in [0, 0.1) is 6.92 Å². The molecule has 0 fully saturated rings. The summed E-state index contributed by atoms with van der Waals surface area (Å²) in [7, 11) is 0. The monoisotopic (exact) mass is 388 g/mol. The van der Waals surface area contributed by atoms with Gasteiger partial charge in [0.05, 0.1) is 5.02 Å². The Morgan fingerprint density at radius 3 is 2.67 bits per heavy atom. The topological polar surface area (TPSA) is 9.23 Å². The Morgan fingerprint density at radius 2 is 2.00 bits per heavy atom. The van der Waals surface area contributed by atoms with E-state index < -0.39 is 0 Å². The summed E-state index contributed by atoms with van der Waals surface area (Å²) in [6.07, 6.45) is 0. The lowest BCUT2D eigenvalue weighted by molar-refractivity contribution is 0.475. The van der Waals surface area contributed by atoms with Gasteiger partial charge in [0.15, 0.2) is 0 Å². The van der Waals surface area contributed by atoms with Crippen LogP contribution in [0.4, 0.5) is 0 Å². The number of aryl methyl sites for hydroxylation is 1. The predicted octanol–water partition coefficient (Wildman–Crippen LogP) is 6.10. The molecule has 0 aliphatic carbocycles. The lowest BCUT2D eigenvalue weighted by Crippen LogP contribution is -1.92. The van der Waals surface area contributed by atoms with Crippen molar-refractivity contribution in [2.24, 2.45) is 0 Å². The van der Waals surface area contributed by atoms with Gasteiger partial charge in [-0.1, -0.05) is 55.6 Å². The van der Waals surface area contributed by atoms with Gasteiger partial charge in [0.2, 0.25) is 0 Å². The van der Waals surface area contributed by atoms with Crippen molar-refractivity contribution in [3.63, 3.8) is 0 Å². The number of halogens is 3. The molecule has 0 unspecified atom stereocenters. The number of ether oxygens (including phenoxy) is 1. The number of hydrogen-bond acceptors (Lipinski definition) is 1. The van der Waals surface area contributed by atoms with Crippen molar-refractivity contribution < 1.29 is 4.74 Å². The molecule has 0 aromatic heterocycles. The van der Waals surface area contributed by atoms with E-state index in [1.54, 1.807) is 0 Å². The molecule has 0 atom stereocenters. The van der Waals surface area contributed by atoms with E-state index in [0.29, 0.717) is 16.1 Å². The third-order valence-corrected chi connectivity index (χ3v) is 3.94. The van der Waals surface area contributed by atoms with E-state index in [0.717, 1.165) is 21.3 Å². The molecule has 1 nitrogen and oxygen atoms in total. The van der Waals surface area contributed by atoms with Gasteiger partial charge >= 0.3 is 0 Å². The van der Waals surface area contributed by atoms with Crippen LogP contribution in [0.15, 0.2) is 40.9 Å². The second-order valence-electron chi connectivity index (χ2n) is 3.87. The third-order valence-electron chi connectivity index (χ3n) is 2.54. The van der Waals surface area contributed by atoms with Crippen LogP contribution in [-0.2, 0) is 5.33 Å². The molecule has 0 heterocycles. The zero-order valence-corrected chi connectivity index (χ0v) is 13.6. The zero-order chi connectivity index (χ0) is 13.1. The Hall–Kier alpha value is -0.510. The number of rotatable bonds is 3. The summed E-state index contributed by atoms with van der Waals surface area (Å²) in [5, 5.41) is 1.33. The molecule has 0 N–H and O–H groups in total. The molecule has 0 aliphatic rings. The molecule has 0 bridgehead atoms. The highest BCUT2D eigenvalue weighted by atomic mass is 79.9. The van der Waals surface area contributed by atoms with E-state index in [-0.39, 0.29) is 0 Å². The minimum atomic E-state index is 0.620. The summed E-state index contributed by atoms with van der Waals surface area (Å²) in [4.78, 5) is 0. The van der Waals surface area contributed by atoms with Gasteiger partial charge in [0.25, 0.3) is 0 Å². The number of para-hydroxylation sites is 1. The highest BCUT2D eigenvalue weighted by molar-refractivity contribution is 9.10. The van der Waals surface area contributed by atoms with Crippen LogP contribution >= 0.6 is 43.5 Å². The zero-order valence-electron chi connectivity index (χ0n) is 9.71. The van der Waals surface area contributed by atoms with Crippen LogP contribution in [-0.4, -0.2) is 0 Å². The van der Waals surface area contributed by atoms with E-state index >= 15 is 0 Å². The van der Waals surface area contributed by atoms with E-state index in [2.05, 4.69) is 31.9 Å². The third kappa shape index (κ3) is 3.08. The van der Waals surface area contributed by atoms with Gasteiger partial charge in [0, 0.05) is 15.4 Å². The van der Waals surface area contributed by atoms with Crippen molar-refractivity contribution in [1.29, 1.82) is 0 Å². The molecule has 18 heavy (non-hydrogen) atoms. The Balaban J connectivity index is 2.39. The molecule has 94 valence electrons. The molecule has 0 aliphatic heterocycles. The van der Waals surface area contributed by atoms with Gasteiger partial charge in [-0.3, -0.25) is 0 Å². The fraction of sp³-hybridized carbons (Fsp3) is 0.143. The first-order chi connectivity index (χ1) is 8.61. The van der Waals surface area contributed by atoms with E-state index in [9.17, 15) is 0 Å². The Bertz CT molecular complexity index is 570. The molecule has 2 aromatic carbocycles. The summed E-state index contributed by atoms with van der Waals surface area (Å²) in [5.74, 6) is 1.52. The van der Waals surface area contributed by atoms with Crippen LogP contribution in [0.1, 0.15) is 11.1 Å². The fourth-order valence-electron chi connectivity index (χ4n) is 1.61. The van der Waals surface area contributed by atoms with Crippen molar-refractivity contribution in [1.82, 2.24) is 0 Å². The Morgan fingerprint density at radius 1 is 1.22 bits per heavy atom. The normalized spacial score (nSPS) is 10.4. The van der Waals surface area contributed by atoms with Crippen molar-refractivity contribution in [3.8, 4) is 11.5 Å². The van der Waals surface area contributed by atoms with Crippen LogP contribution in [0.25, 0.3) is 0 Å². The van der Waals surface area contributed by atoms with Crippen molar-refractivity contribution in [2.75, 3.05) is 0 Å². The van der Waals surface area contributed by atoms with Crippen LogP contribution < -0.4 is 4.74 Å². The first kappa shape index (κ1) is 13.9. The molecular formula is C14H11Br2ClO. The largest absolute Gasteiger partial charge is 0.455 e. The SMILES string of the molecule is Cc1cc(Br)ccc1Oc1c(Cl)cccc1CBr. The Kier molecular flexibility index (Phi) is 4.71. The molecule has 0 amide bonds. The molecule has 4 heteroatoms. The van der Waals surface area contributed by atoms with Crippen molar-refractivity contribution in [2.45, 2.75) is 12.3 Å². The lowest BCUT2D eigenvalue weighted by atomic mass is 10.2. The van der Waals surface area contributed by atoms with Crippen molar-refractivity contribution in [3.05, 3.63) is 57.0 Å². The lowest BCUT2D eigenvalue weighted by Gasteiger charge is -2.13. The van der Waals surface area contributed by atoms with E-state index in [1.807, 2.05) is 43.3 Å². The summed E-state index contributed by atoms with van der Waals surface area (Å²) in [5.41, 5.74) is 2.09. The van der Waals surface area contributed by atoms with Crippen LogP contribution in [0.2, 0.25) is 5.02 Å². The van der Waals surface area contributed by atoms with Gasteiger partial charge in [-0.05, 0) is 36.8 Å². The molecule has 2 aromatic rings. The summed E-state index contributed by atoms with van der Waals surface area (Å²) in [6.45, 7) is 2.00. The average molecular weight is 391 g/mol. The Labute approximate surface area is 128 Å². The second kappa shape index (κ2) is 6.09. The molecule has 0 spiro atoms. The van der Waals surface area contributed by atoms with Gasteiger partial charge in [-0.2, -0.15) is 0 Å². The minimum Gasteiger partial charge on any atom is -0.455 e. The summed E-state index contributed by atoms with van der Waals surface area (Å²) in [6, 6.07) is 11.6. The minimum absolute atomic E-state index is 0.620. The molecule has 0 radical (unpaired) electrons. The van der Waals surface area contributed by atoms with Gasteiger partial charge in [-0.15, -0.1) is 0 Å². The number of alkyl halides is 1. The first-order valence-electron chi connectivity index (χ1n) is 5.39. The average Bonchev–Trinajstić information content (AvgIpc) is 2.34. The maximum atomic E-state index is 6.19. The van der Waals surface area contributed by atoms with Crippen molar-refractivity contribution >= 4 is 43.5 Å². The smallest absolute Gasteiger partial charge is 0.150 e. The quantitative estimate of drug-likeness (QED) is 0.576. The molecular weight excluding hydrogens is 379 g/mol. The summed E-state index contributed by atoms with van der Waals surface area (Å²) < 4.78 is 6.97. The molecule has 2 rings (SSSR count). The predicted molar refractivity (Wildman–Crippen MR) is 83.0 cm³/mol. The number of hydrogen-bond donors (Lipinski definition) is 0. The summed E-state index contributed by atoms with van der Waals surface area (Å²) >= 11 is 13.1. The maximum Gasteiger partial charge on any atom is 0.150 e. The molecule has 0 saturated heterocycles. The van der Waals surface area contributed by atoms with Gasteiger partial charge < -0.3 is 4.74 Å². The van der Waals surface area contributed by atoms with Gasteiger partial charge in [-0.25, -0.2) is 0 Å². The molecule has 0 saturated carbocycles. The second-order valence-corrected chi connectivity index (χ2v) is 5.76. The van der Waals surface area contributed by atoms with Gasteiger partial charge in [0.1, 0.15) is 11.5 Å². The van der Waals surface area contributed by atoms with E-state index in [1.165, 1.54) is 0 Å². The van der Waals surface area contributed by atoms with Crippen LogP contribution in [0.5, 0.6) is 11.5 Å². The standard InChI is InChI=1S/C14H11Br2ClO/c1-9-7-11(16)5-6-13(9)18-14-10(8-15)3-2-4-12(14)17/h2-7H,8H2,1H3. The highest BCUT2D eigenvalue weighted by Crippen LogP contribution is 2.35. The number of benzene rings is 2. The first-order valence-corrected chi connectivity index (χ1v) is 7.68. The fourth-order valence-corrected chi connectivity index (χ4v) is 2.76. The van der Waals surface area contributed by atoms with E-state index in [4.69, 9.17) is 16.3 Å². The maximum absolute atomic E-state index is 6.19.